The van der Waals surface area contributed by atoms with E-state index in [4.69, 9.17) is 10.00 Å². The predicted molar refractivity (Wildman–Crippen MR) is 121 cm³/mol. The van der Waals surface area contributed by atoms with Crippen LogP contribution in [0.15, 0.2) is 29.2 Å². The molecule has 4 aliphatic rings. The van der Waals surface area contributed by atoms with Crippen molar-refractivity contribution in [1.29, 1.82) is 5.26 Å². The Morgan fingerprint density at radius 2 is 1.72 bits per heavy atom. The van der Waals surface area contributed by atoms with Gasteiger partial charge in [0.2, 0.25) is 5.91 Å². The number of nitriles is 1. The number of benzene rings is 1. The second-order valence-electron chi connectivity index (χ2n) is 9.52. The van der Waals surface area contributed by atoms with Crippen LogP contribution < -0.4 is 10.6 Å². The minimum atomic E-state index is -0.633. The van der Waals surface area contributed by atoms with Crippen LogP contribution in [0, 0.1) is 34.5 Å². The zero-order chi connectivity index (χ0) is 22.6. The Hall–Kier alpha value is -2.53. The molecule has 2 N–H and O–H groups in total. The second-order valence-corrected chi connectivity index (χ2v) is 10.5. The largest absolute Gasteiger partial charge is 0.454 e. The third-order valence-corrected chi connectivity index (χ3v) is 7.89. The maximum atomic E-state index is 12.5. The lowest BCUT2D eigenvalue weighted by Crippen LogP contribution is -2.48. The number of anilines is 1. The van der Waals surface area contributed by atoms with Crippen LogP contribution in [-0.4, -0.2) is 36.7 Å². The Bertz CT molecular complexity index is 891. The molecule has 7 nitrogen and oxygen atoms in total. The van der Waals surface area contributed by atoms with Gasteiger partial charge in [-0.25, -0.2) is 0 Å². The van der Waals surface area contributed by atoms with Crippen molar-refractivity contribution in [3.8, 4) is 6.07 Å². The van der Waals surface area contributed by atoms with Crippen LogP contribution in [-0.2, 0) is 19.1 Å². The van der Waals surface area contributed by atoms with Gasteiger partial charge < -0.3 is 15.4 Å². The van der Waals surface area contributed by atoms with Crippen LogP contribution in [0.2, 0.25) is 0 Å². The number of esters is 1. The number of amides is 2. The average Bonchev–Trinajstić information content (AvgIpc) is 2.74. The number of carbonyl (C=O) groups excluding carboxylic acids is 3. The molecule has 4 fully saturated rings. The van der Waals surface area contributed by atoms with Gasteiger partial charge in [0, 0.05) is 11.3 Å². The fraction of sp³-hybridized carbons (Fsp3) is 0.583. The van der Waals surface area contributed by atoms with Crippen molar-refractivity contribution in [3.63, 3.8) is 0 Å². The van der Waals surface area contributed by atoms with E-state index in [0.29, 0.717) is 12.1 Å². The Balaban J connectivity index is 1.18. The number of nitrogens with one attached hydrogen (secondary N) is 2. The predicted octanol–water partition coefficient (Wildman–Crippen LogP) is 3.51. The molecule has 1 aromatic carbocycles. The van der Waals surface area contributed by atoms with Gasteiger partial charge in [-0.2, -0.15) is 5.26 Å². The average molecular weight is 456 g/mol. The molecule has 8 heteroatoms. The molecule has 32 heavy (non-hydrogen) atoms. The van der Waals surface area contributed by atoms with E-state index in [2.05, 4.69) is 10.6 Å². The summed E-state index contributed by atoms with van der Waals surface area (Å²) in [5, 5.41) is 14.1. The van der Waals surface area contributed by atoms with Crippen molar-refractivity contribution in [2.75, 3.05) is 24.2 Å². The third kappa shape index (κ3) is 5.63. The first-order valence-electron chi connectivity index (χ1n) is 11.3. The van der Waals surface area contributed by atoms with E-state index in [1.165, 1.54) is 31.0 Å². The summed E-state index contributed by atoms with van der Waals surface area (Å²) in [6, 6.07) is 9.18. The SMILES string of the molecule is N#CCSc1ccccc1NC(=O)COC(=O)CNC(=O)CC12CC3CC(CC(C3)C1)C2. The highest BCUT2D eigenvalue weighted by molar-refractivity contribution is 7.99. The van der Waals surface area contributed by atoms with E-state index < -0.39 is 18.5 Å². The van der Waals surface area contributed by atoms with Crippen LogP contribution in [0.5, 0.6) is 0 Å². The summed E-state index contributed by atoms with van der Waals surface area (Å²) in [4.78, 5) is 37.4. The van der Waals surface area contributed by atoms with Gasteiger partial charge in [0.15, 0.2) is 6.61 Å². The zero-order valence-electron chi connectivity index (χ0n) is 18.1. The van der Waals surface area contributed by atoms with Crippen molar-refractivity contribution in [1.82, 2.24) is 5.32 Å². The Morgan fingerprint density at radius 3 is 2.38 bits per heavy atom. The van der Waals surface area contributed by atoms with Crippen molar-refractivity contribution in [3.05, 3.63) is 24.3 Å². The first-order chi connectivity index (χ1) is 15.4. The van der Waals surface area contributed by atoms with Crippen LogP contribution in [0.4, 0.5) is 5.69 Å². The van der Waals surface area contributed by atoms with E-state index in [1.54, 1.807) is 12.1 Å². The topological polar surface area (TPSA) is 108 Å². The number of nitrogens with zero attached hydrogens (tertiary/aromatic N) is 1. The van der Waals surface area contributed by atoms with Crippen LogP contribution in [0.1, 0.15) is 44.9 Å². The summed E-state index contributed by atoms with van der Waals surface area (Å²) in [7, 11) is 0. The summed E-state index contributed by atoms with van der Waals surface area (Å²) in [6.07, 6.45) is 7.91. The summed E-state index contributed by atoms with van der Waals surface area (Å²) < 4.78 is 5.02. The number of ether oxygens (including phenoxy) is 1. The minimum absolute atomic E-state index is 0.100. The summed E-state index contributed by atoms with van der Waals surface area (Å²) in [6.45, 7) is -0.659. The lowest BCUT2D eigenvalue weighted by Gasteiger charge is -2.56. The fourth-order valence-corrected chi connectivity index (χ4v) is 6.94. The number of rotatable bonds is 9. The summed E-state index contributed by atoms with van der Waals surface area (Å²) >= 11 is 1.32. The highest BCUT2D eigenvalue weighted by Gasteiger charge is 2.51. The maximum Gasteiger partial charge on any atom is 0.325 e. The van der Waals surface area contributed by atoms with Crippen LogP contribution in [0.3, 0.4) is 0 Å². The molecule has 0 aromatic heterocycles. The van der Waals surface area contributed by atoms with Gasteiger partial charge in [-0.15, -0.1) is 11.8 Å². The second kappa shape index (κ2) is 9.95. The molecule has 1 aromatic rings. The molecule has 0 atom stereocenters. The molecular weight excluding hydrogens is 426 g/mol. The molecule has 0 radical (unpaired) electrons. The monoisotopic (exact) mass is 455 g/mol. The van der Waals surface area contributed by atoms with Gasteiger partial charge >= 0.3 is 5.97 Å². The van der Waals surface area contributed by atoms with E-state index in [-0.39, 0.29) is 23.6 Å². The Kier molecular flexibility index (Phi) is 7.04. The van der Waals surface area contributed by atoms with Gasteiger partial charge in [-0.05, 0) is 73.8 Å². The Morgan fingerprint density at radius 1 is 1.06 bits per heavy atom. The number of thioether (sulfide) groups is 1. The van der Waals surface area contributed by atoms with Gasteiger partial charge in [-0.3, -0.25) is 14.4 Å². The quantitative estimate of drug-likeness (QED) is 0.436. The molecule has 0 saturated heterocycles. The fourth-order valence-electron chi connectivity index (χ4n) is 6.27. The minimum Gasteiger partial charge on any atom is -0.454 e. The van der Waals surface area contributed by atoms with E-state index in [1.807, 2.05) is 18.2 Å². The highest BCUT2D eigenvalue weighted by Crippen LogP contribution is 2.61. The molecule has 5 rings (SSSR count). The van der Waals surface area contributed by atoms with Crippen molar-refractivity contribution in [2.24, 2.45) is 23.2 Å². The van der Waals surface area contributed by atoms with Crippen molar-refractivity contribution >= 4 is 35.2 Å². The van der Waals surface area contributed by atoms with E-state index in [9.17, 15) is 14.4 Å². The molecule has 0 unspecified atom stereocenters. The van der Waals surface area contributed by atoms with Gasteiger partial charge in [0.1, 0.15) is 6.54 Å². The first-order valence-corrected chi connectivity index (χ1v) is 12.2. The van der Waals surface area contributed by atoms with Crippen LogP contribution >= 0.6 is 11.8 Å². The van der Waals surface area contributed by atoms with Gasteiger partial charge in [0.25, 0.3) is 5.91 Å². The number of hydrogen-bond acceptors (Lipinski definition) is 6. The first kappa shape index (κ1) is 22.7. The number of carbonyl (C=O) groups is 3. The molecule has 0 heterocycles. The molecule has 4 bridgehead atoms. The number of para-hydroxylation sites is 1. The number of hydrogen-bond donors (Lipinski definition) is 2. The molecule has 4 aliphatic carbocycles. The molecular formula is C24H29N3O4S. The standard InChI is InChI=1S/C24H29N3O4S/c25-5-6-32-20-4-2-1-3-19(20)27-22(29)15-31-23(30)14-26-21(28)13-24-10-16-7-17(11-24)9-18(8-16)12-24/h1-4,16-18H,6-15H2,(H,26,28)(H,27,29). The molecule has 0 spiro atoms. The van der Waals surface area contributed by atoms with Gasteiger partial charge in [-0.1, -0.05) is 12.1 Å². The summed E-state index contributed by atoms with van der Waals surface area (Å²) in [5.74, 6) is 1.40. The molecule has 2 amide bonds. The summed E-state index contributed by atoms with van der Waals surface area (Å²) in [5.41, 5.74) is 0.692. The normalized spacial score (nSPS) is 27.4. The van der Waals surface area contributed by atoms with Crippen LogP contribution in [0.25, 0.3) is 0 Å². The Labute approximate surface area is 192 Å². The van der Waals surface area contributed by atoms with Crippen molar-refractivity contribution in [2.45, 2.75) is 49.8 Å². The molecule has 170 valence electrons. The third-order valence-electron chi connectivity index (χ3n) is 6.95. The van der Waals surface area contributed by atoms with E-state index in [0.717, 1.165) is 41.9 Å². The zero-order valence-corrected chi connectivity index (χ0v) is 18.9. The molecule has 0 aliphatic heterocycles. The lowest BCUT2D eigenvalue weighted by atomic mass is 9.49. The van der Waals surface area contributed by atoms with E-state index >= 15 is 0 Å². The van der Waals surface area contributed by atoms with Gasteiger partial charge in [0.05, 0.1) is 17.5 Å². The highest BCUT2D eigenvalue weighted by atomic mass is 32.2. The molecule has 4 saturated carbocycles. The maximum absolute atomic E-state index is 12.5. The lowest BCUT2D eigenvalue weighted by molar-refractivity contribution is -0.147. The van der Waals surface area contributed by atoms with Crippen molar-refractivity contribution < 1.29 is 19.1 Å². The smallest absolute Gasteiger partial charge is 0.325 e.